The van der Waals surface area contributed by atoms with Gasteiger partial charge in [-0.3, -0.25) is 0 Å². The van der Waals surface area contributed by atoms with Crippen LogP contribution in [0.3, 0.4) is 0 Å². The van der Waals surface area contributed by atoms with Crippen molar-refractivity contribution in [3.63, 3.8) is 0 Å². The second kappa shape index (κ2) is 5.69. The average molecular weight is 298 g/mol. The Morgan fingerprint density at radius 3 is 2.90 bits per heavy atom. The third-order valence-corrected chi connectivity index (χ3v) is 4.00. The molecule has 5 heteroatoms. The largest absolute Gasteiger partial charge is 0.398 e. The van der Waals surface area contributed by atoms with Gasteiger partial charge in [0.1, 0.15) is 5.65 Å². The molecule has 0 bridgehead atoms. The highest BCUT2D eigenvalue weighted by Gasteiger charge is 2.11. The standard InChI is InChI=1S/C16H18N4S/c1-3-21-20-11-4-5-15(17)14(9-11)13-8-10(2)19-16-12(13)6-7-18-16/h4-9,20H,3,17H2,1-2H3,(H,18,19). The molecule has 2 heterocycles. The first-order valence-corrected chi connectivity index (χ1v) is 7.90. The Kier molecular flexibility index (Phi) is 3.75. The van der Waals surface area contributed by atoms with Crippen LogP contribution in [0.25, 0.3) is 22.2 Å². The van der Waals surface area contributed by atoms with E-state index in [1.54, 1.807) is 11.9 Å². The number of benzene rings is 1. The number of aromatic nitrogens is 2. The lowest BCUT2D eigenvalue weighted by atomic mass is 10.0. The fraction of sp³-hybridized carbons (Fsp3) is 0.188. The smallest absolute Gasteiger partial charge is 0.138 e. The number of H-pyrrole nitrogens is 1. The predicted molar refractivity (Wildman–Crippen MR) is 92.4 cm³/mol. The van der Waals surface area contributed by atoms with E-state index in [4.69, 9.17) is 5.73 Å². The Labute approximate surface area is 128 Å². The molecule has 2 aromatic heterocycles. The zero-order valence-corrected chi connectivity index (χ0v) is 12.9. The van der Waals surface area contributed by atoms with Gasteiger partial charge in [0.2, 0.25) is 0 Å². The predicted octanol–water partition coefficient (Wildman–Crippen LogP) is 4.20. The Hall–Kier alpha value is -2.14. The maximum Gasteiger partial charge on any atom is 0.138 e. The van der Waals surface area contributed by atoms with E-state index in [0.29, 0.717) is 0 Å². The van der Waals surface area contributed by atoms with E-state index in [2.05, 4.69) is 33.7 Å². The molecular weight excluding hydrogens is 280 g/mol. The van der Waals surface area contributed by atoms with Crippen LogP contribution in [0.4, 0.5) is 11.4 Å². The Morgan fingerprint density at radius 1 is 1.24 bits per heavy atom. The van der Waals surface area contributed by atoms with Crippen LogP contribution in [-0.2, 0) is 0 Å². The second-order valence-electron chi connectivity index (χ2n) is 4.89. The molecule has 3 aromatic rings. The zero-order valence-electron chi connectivity index (χ0n) is 12.1. The van der Waals surface area contributed by atoms with Gasteiger partial charge in [0, 0.05) is 40.0 Å². The number of anilines is 2. The van der Waals surface area contributed by atoms with E-state index in [1.165, 1.54) is 0 Å². The maximum absolute atomic E-state index is 6.19. The molecule has 0 amide bonds. The number of aromatic amines is 1. The van der Waals surface area contributed by atoms with Crippen molar-refractivity contribution in [3.05, 3.63) is 42.2 Å². The molecule has 0 aliphatic carbocycles. The van der Waals surface area contributed by atoms with Crippen molar-refractivity contribution in [3.8, 4) is 11.1 Å². The van der Waals surface area contributed by atoms with Gasteiger partial charge in [-0.05, 0) is 42.8 Å². The van der Waals surface area contributed by atoms with Crippen molar-refractivity contribution in [2.45, 2.75) is 13.8 Å². The lowest BCUT2D eigenvalue weighted by Gasteiger charge is -2.11. The Balaban J connectivity index is 2.15. The summed E-state index contributed by atoms with van der Waals surface area (Å²) in [4.78, 5) is 7.67. The van der Waals surface area contributed by atoms with Crippen molar-refractivity contribution in [1.82, 2.24) is 9.97 Å². The molecule has 0 saturated heterocycles. The number of hydrogen-bond donors (Lipinski definition) is 3. The lowest BCUT2D eigenvalue weighted by Crippen LogP contribution is -1.95. The maximum atomic E-state index is 6.19. The van der Waals surface area contributed by atoms with E-state index in [-0.39, 0.29) is 0 Å². The van der Waals surface area contributed by atoms with Gasteiger partial charge < -0.3 is 15.4 Å². The molecule has 0 saturated carbocycles. The van der Waals surface area contributed by atoms with E-state index in [9.17, 15) is 0 Å². The Morgan fingerprint density at radius 2 is 2.10 bits per heavy atom. The highest BCUT2D eigenvalue weighted by molar-refractivity contribution is 8.00. The molecule has 0 atom stereocenters. The summed E-state index contributed by atoms with van der Waals surface area (Å²) in [5, 5.41) is 1.09. The summed E-state index contributed by atoms with van der Waals surface area (Å²) in [5.74, 6) is 1.01. The van der Waals surface area contributed by atoms with Crippen molar-refractivity contribution in [1.29, 1.82) is 0 Å². The first kappa shape index (κ1) is 13.8. The van der Waals surface area contributed by atoms with Gasteiger partial charge in [-0.15, -0.1) is 0 Å². The van der Waals surface area contributed by atoms with E-state index >= 15 is 0 Å². The zero-order chi connectivity index (χ0) is 14.8. The summed E-state index contributed by atoms with van der Waals surface area (Å²) in [6.07, 6.45) is 1.91. The summed E-state index contributed by atoms with van der Waals surface area (Å²) in [6.45, 7) is 4.11. The lowest BCUT2D eigenvalue weighted by molar-refractivity contribution is 1.22. The summed E-state index contributed by atoms with van der Waals surface area (Å²) >= 11 is 1.67. The fourth-order valence-corrected chi connectivity index (χ4v) is 2.84. The number of nitrogens with one attached hydrogen (secondary N) is 2. The number of nitrogens with zero attached hydrogens (tertiary/aromatic N) is 1. The van der Waals surface area contributed by atoms with E-state index in [1.807, 2.05) is 31.3 Å². The molecule has 4 nitrogen and oxygen atoms in total. The van der Waals surface area contributed by atoms with Crippen LogP contribution >= 0.6 is 11.9 Å². The number of nitrogens with two attached hydrogens (primary N) is 1. The van der Waals surface area contributed by atoms with Crippen molar-refractivity contribution >= 4 is 34.4 Å². The van der Waals surface area contributed by atoms with Gasteiger partial charge in [-0.2, -0.15) is 0 Å². The highest BCUT2D eigenvalue weighted by Crippen LogP contribution is 2.34. The number of hydrogen-bond acceptors (Lipinski definition) is 4. The van der Waals surface area contributed by atoms with Crippen LogP contribution in [0, 0.1) is 6.92 Å². The summed E-state index contributed by atoms with van der Waals surface area (Å²) in [5.41, 5.74) is 12.0. The van der Waals surface area contributed by atoms with Crippen LogP contribution in [0.5, 0.6) is 0 Å². The number of nitrogen functional groups attached to an aromatic ring is 1. The molecule has 108 valence electrons. The van der Waals surface area contributed by atoms with Crippen molar-refractivity contribution in [2.75, 3.05) is 16.2 Å². The minimum atomic E-state index is 0.773. The quantitative estimate of drug-likeness (QED) is 0.499. The molecule has 0 aliphatic heterocycles. The molecule has 0 radical (unpaired) electrons. The number of rotatable bonds is 4. The topological polar surface area (TPSA) is 66.7 Å². The summed E-state index contributed by atoms with van der Waals surface area (Å²) < 4.78 is 3.33. The minimum Gasteiger partial charge on any atom is -0.398 e. The highest BCUT2D eigenvalue weighted by atomic mass is 32.2. The van der Waals surface area contributed by atoms with Crippen LogP contribution in [0.1, 0.15) is 12.6 Å². The second-order valence-corrected chi connectivity index (χ2v) is 5.96. The SMILES string of the molecule is CCSNc1ccc(N)c(-c2cc(C)nc3[nH]ccc23)c1. The van der Waals surface area contributed by atoms with Gasteiger partial charge in [-0.1, -0.05) is 18.9 Å². The molecule has 0 aliphatic rings. The van der Waals surface area contributed by atoms with Crippen molar-refractivity contribution in [2.24, 2.45) is 0 Å². The minimum absolute atomic E-state index is 0.773. The molecule has 3 rings (SSSR count). The number of aryl methyl sites for hydroxylation is 1. The number of fused-ring (bicyclic) bond motifs is 1. The van der Waals surface area contributed by atoms with Gasteiger partial charge >= 0.3 is 0 Å². The first-order chi connectivity index (χ1) is 10.2. The summed E-state index contributed by atoms with van der Waals surface area (Å²) in [7, 11) is 0. The molecular formula is C16H18N4S. The average Bonchev–Trinajstić information content (AvgIpc) is 2.93. The fourth-order valence-electron chi connectivity index (χ4n) is 2.40. The molecule has 0 spiro atoms. The third-order valence-electron chi connectivity index (χ3n) is 3.33. The van der Waals surface area contributed by atoms with Crippen LogP contribution in [0.15, 0.2) is 36.5 Å². The van der Waals surface area contributed by atoms with Gasteiger partial charge in [-0.25, -0.2) is 4.98 Å². The first-order valence-electron chi connectivity index (χ1n) is 6.91. The van der Waals surface area contributed by atoms with Gasteiger partial charge in [0.25, 0.3) is 0 Å². The monoisotopic (exact) mass is 298 g/mol. The molecule has 4 N–H and O–H groups in total. The molecule has 21 heavy (non-hydrogen) atoms. The van der Waals surface area contributed by atoms with Gasteiger partial charge in [0.05, 0.1) is 0 Å². The van der Waals surface area contributed by atoms with Crippen molar-refractivity contribution < 1.29 is 0 Å². The third kappa shape index (κ3) is 2.69. The Bertz CT molecular complexity index is 779. The van der Waals surface area contributed by atoms with Crippen LogP contribution in [0.2, 0.25) is 0 Å². The molecule has 0 fully saturated rings. The normalized spacial score (nSPS) is 11.0. The van der Waals surface area contributed by atoms with E-state index < -0.39 is 0 Å². The number of pyridine rings is 1. The molecule has 0 unspecified atom stereocenters. The molecule has 1 aromatic carbocycles. The van der Waals surface area contributed by atoms with Crippen LogP contribution < -0.4 is 10.5 Å². The van der Waals surface area contributed by atoms with Crippen LogP contribution in [-0.4, -0.2) is 15.7 Å². The van der Waals surface area contributed by atoms with E-state index in [0.717, 1.165) is 45.0 Å². The van der Waals surface area contributed by atoms with Gasteiger partial charge in [0.15, 0.2) is 0 Å². The summed E-state index contributed by atoms with van der Waals surface area (Å²) in [6, 6.07) is 10.2.